The Balaban J connectivity index is 3.05. The van der Waals surface area contributed by atoms with Gasteiger partial charge >= 0.3 is 0 Å². The summed E-state index contributed by atoms with van der Waals surface area (Å²) in [4.78, 5) is 0.410. The third-order valence-electron chi connectivity index (χ3n) is 1.44. The lowest BCUT2D eigenvalue weighted by atomic mass is 10.3. The van der Waals surface area contributed by atoms with Gasteiger partial charge in [0.05, 0.1) is 10.8 Å². The van der Waals surface area contributed by atoms with Crippen molar-refractivity contribution in [3.63, 3.8) is 0 Å². The zero-order chi connectivity index (χ0) is 9.14. The third-order valence-corrected chi connectivity index (χ3v) is 2.75. The highest BCUT2D eigenvalue weighted by Gasteiger charge is 2.05. The highest BCUT2D eigenvalue weighted by atomic mass is 32.2. The standard InChI is InChI=1S/C8H9FO2S/c1-2-12(11)6-3-4-8(10)7(9)5-6/h3-5,10H,2H2,1H3. The number of phenolic OH excluding ortho intramolecular Hbond substituents is 1. The van der Waals surface area contributed by atoms with Crippen molar-refractivity contribution in [3.8, 4) is 5.75 Å². The van der Waals surface area contributed by atoms with Crippen LogP contribution in [-0.4, -0.2) is 15.1 Å². The minimum absolute atomic E-state index is 0.410. The molecule has 0 bridgehead atoms. The van der Waals surface area contributed by atoms with Gasteiger partial charge in [-0.3, -0.25) is 4.21 Å². The summed E-state index contributed by atoms with van der Waals surface area (Å²) in [5.41, 5.74) is 0. The number of rotatable bonds is 2. The molecule has 0 aliphatic rings. The molecule has 2 nitrogen and oxygen atoms in total. The van der Waals surface area contributed by atoms with Crippen LogP contribution >= 0.6 is 0 Å². The highest BCUT2D eigenvalue weighted by Crippen LogP contribution is 2.18. The summed E-state index contributed by atoms with van der Waals surface area (Å²) in [6.45, 7) is 1.75. The van der Waals surface area contributed by atoms with Gasteiger partial charge in [0.1, 0.15) is 0 Å². The van der Waals surface area contributed by atoms with Crippen molar-refractivity contribution in [3.05, 3.63) is 24.0 Å². The van der Waals surface area contributed by atoms with E-state index in [1.54, 1.807) is 6.92 Å². The molecule has 0 aliphatic carbocycles. The van der Waals surface area contributed by atoms with E-state index in [9.17, 15) is 8.60 Å². The van der Waals surface area contributed by atoms with Gasteiger partial charge < -0.3 is 5.11 Å². The number of hydrogen-bond donors (Lipinski definition) is 1. The molecule has 1 N–H and O–H groups in total. The number of aromatic hydroxyl groups is 1. The largest absolute Gasteiger partial charge is 0.505 e. The number of hydrogen-bond acceptors (Lipinski definition) is 2. The van der Waals surface area contributed by atoms with Crippen molar-refractivity contribution in [2.45, 2.75) is 11.8 Å². The average molecular weight is 188 g/mol. The number of benzene rings is 1. The van der Waals surface area contributed by atoms with Crippen LogP contribution in [0.2, 0.25) is 0 Å². The van der Waals surface area contributed by atoms with Crippen LogP contribution in [0.3, 0.4) is 0 Å². The summed E-state index contributed by atoms with van der Waals surface area (Å²) >= 11 is 0. The molecular weight excluding hydrogens is 179 g/mol. The molecule has 4 heteroatoms. The second kappa shape index (κ2) is 3.67. The predicted octanol–water partition coefficient (Wildman–Crippen LogP) is 1.66. The zero-order valence-electron chi connectivity index (χ0n) is 6.58. The second-order valence-electron chi connectivity index (χ2n) is 2.25. The molecule has 0 amide bonds. The Kier molecular flexibility index (Phi) is 2.81. The fourth-order valence-electron chi connectivity index (χ4n) is 0.796. The van der Waals surface area contributed by atoms with Crippen molar-refractivity contribution in [2.24, 2.45) is 0 Å². The van der Waals surface area contributed by atoms with E-state index in [-0.39, 0.29) is 0 Å². The maximum absolute atomic E-state index is 12.7. The second-order valence-corrected chi connectivity index (χ2v) is 3.99. The minimum atomic E-state index is -1.16. The Hall–Kier alpha value is -0.900. The Morgan fingerprint density at radius 2 is 2.25 bits per heavy atom. The summed E-state index contributed by atoms with van der Waals surface area (Å²) in [6.07, 6.45) is 0. The number of halogens is 1. The van der Waals surface area contributed by atoms with Crippen LogP contribution in [0.4, 0.5) is 4.39 Å². The molecule has 1 atom stereocenters. The smallest absolute Gasteiger partial charge is 0.166 e. The quantitative estimate of drug-likeness (QED) is 0.766. The molecule has 66 valence electrons. The average Bonchev–Trinajstić information content (AvgIpc) is 2.08. The molecule has 0 fully saturated rings. The fourth-order valence-corrected chi connectivity index (χ4v) is 1.58. The van der Waals surface area contributed by atoms with E-state index in [1.807, 2.05) is 0 Å². The first-order valence-corrected chi connectivity index (χ1v) is 4.84. The van der Waals surface area contributed by atoms with E-state index in [0.717, 1.165) is 6.07 Å². The molecule has 1 unspecified atom stereocenters. The van der Waals surface area contributed by atoms with E-state index < -0.39 is 22.4 Å². The Bertz CT molecular complexity index is 312. The Labute approximate surface area is 72.5 Å². The van der Waals surface area contributed by atoms with Gasteiger partial charge in [-0.2, -0.15) is 0 Å². The Morgan fingerprint density at radius 3 is 2.75 bits per heavy atom. The summed E-state index contributed by atoms with van der Waals surface area (Å²) in [5.74, 6) is -0.689. The molecular formula is C8H9FO2S. The molecule has 1 aromatic rings. The third kappa shape index (κ3) is 1.82. The molecule has 0 saturated carbocycles. The molecule has 0 aliphatic heterocycles. The normalized spacial score (nSPS) is 12.8. The van der Waals surface area contributed by atoms with Crippen LogP contribution < -0.4 is 0 Å². The van der Waals surface area contributed by atoms with Gasteiger partial charge in [0.2, 0.25) is 0 Å². The lowest BCUT2D eigenvalue weighted by molar-refractivity contribution is 0.431. The number of phenols is 1. The van der Waals surface area contributed by atoms with Gasteiger partial charge in [0, 0.05) is 10.6 Å². The summed E-state index contributed by atoms with van der Waals surface area (Å²) in [5, 5.41) is 8.82. The van der Waals surface area contributed by atoms with Crippen LogP contribution in [-0.2, 0) is 10.8 Å². The monoisotopic (exact) mass is 188 g/mol. The van der Waals surface area contributed by atoms with Gasteiger partial charge in [-0.15, -0.1) is 0 Å². The first-order chi connectivity index (χ1) is 5.65. The van der Waals surface area contributed by atoms with Gasteiger partial charge in [-0.25, -0.2) is 4.39 Å². The molecule has 12 heavy (non-hydrogen) atoms. The molecule has 0 aromatic heterocycles. The molecule has 0 heterocycles. The van der Waals surface area contributed by atoms with Crippen molar-refractivity contribution in [2.75, 3.05) is 5.75 Å². The van der Waals surface area contributed by atoms with Crippen LogP contribution in [0.25, 0.3) is 0 Å². The first-order valence-electron chi connectivity index (χ1n) is 3.52. The lowest BCUT2D eigenvalue weighted by Gasteiger charge is -1.99. The summed E-state index contributed by atoms with van der Waals surface area (Å²) in [7, 11) is -1.16. The summed E-state index contributed by atoms with van der Waals surface area (Å²) in [6, 6.07) is 3.76. The molecule has 0 saturated heterocycles. The topological polar surface area (TPSA) is 37.3 Å². The van der Waals surface area contributed by atoms with E-state index in [0.29, 0.717) is 10.6 Å². The van der Waals surface area contributed by atoms with Crippen LogP contribution in [0.15, 0.2) is 23.1 Å². The highest BCUT2D eigenvalue weighted by molar-refractivity contribution is 7.85. The predicted molar refractivity (Wildman–Crippen MR) is 45.0 cm³/mol. The van der Waals surface area contributed by atoms with Crippen LogP contribution in [0, 0.1) is 5.82 Å². The fraction of sp³-hybridized carbons (Fsp3) is 0.250. The van der Waals surface area contributed by atoms with Crippen molar-refractivity contribution < 1.29 is 13.7 Å². The SMILES string of the molecule is CCS(=O)c1ccc(O)c(F)c1. The van der Waals surface area contributed by atoms with Crippen LogP contribution in [0.1, 0.15) is 6.92 Å². The van der Waals surface area contributed by atoms with Gasteiger partial charge in [0.25, 0.3) is 0 Å². The maximum atomic E-state index is 12.7. The first kappa shape index (κ1) is 9.19. The zero-order valence-corrected chi connectivity index (χ0v) is 7.40. The Morgan fingerprint density at radius 1 is 1.58 bits per heavy atom. The molecule has 0 spiro atoms. The van der Waals surface area contributed by atoms with E-state index in [4.69, 9.17) is 5.11 Å². The van der Waals surface area contributed by atoms with Gasteiger partial charge in [-0.05, 0) is 18.2 Å². The van der Waals surface area contributed by atoms with Gasteiger partial charge in [0.15, 0.2) is 11.6 Å². The molecule has 1 rings (SSSR count). The summed E-state index contributed by atoms with van der Waals surface area (Å²) < 4.78 is 23.8. The maximum Gasteiger partial charge on any atom is 0.166 e. The van der Waals surface area contributed by atoms with Crippen molar-refractivity contribution in [1.82, 2.24) is 0 Å². The van der Waals surface area contributed by atoms with Crippen molar-refractivity contribution in [1.29, 1.82) is 0 Å². The van der Waals surface area contributed by atoms with Crippen molar-refractivity contribution >= 4 is 10.8 Å². The van der Waals surface area contributed by atoms with E-state index >= 15 is 0 Å². The van der Waals surface area contributed by atoms with E-state index in [2.05, 4.69) is 0 Å². The molecule has 1 aromatic carbocycles. The lowest BCUT2D eigenvalue weighted by Crippen LogP contribution is -1.94. The van der Waals surface area contributed by atoms with Crippen LogP contribution in [0.5, 0.6) is 5.75 Å². The minimum Gasteiger partial charge on any atom is -0.505 e. The van der Waals surface area contributed by atoms with E-state index in [1.165, 1.54) is 12.1 Å². The molecule has 0 radical (unpaired) electrons. The van der Waals surface area contributed by atoms with Gasteiger partial charge in [-0.1, -0.05) is 6.92 Å².